The predicted octanol–water partition coefficient (Wildman–Crippen LogP) is 2.09. The second-order valence-corrected chi connectivity index (χ2v) is 5.68. The second-order valence-electron chi connectivity index (χ2n) is 5.68. The van der Waals surface area contributed by atoms with E-state index in [0.717, 1.165) is 12.5 Å². The van der Waals surface area contributed by atoms with E-state index in [4.69, 9.17) is 5.73 Å². The average molecular weight is 198 g/mol. The lowest BCUT2D eigenvalue weighted by Gasteiger charge is -2.32. The Morgan fingerprint density at radius 2 is 2.14 bits per heavy atom. The van der Waals surface area contributed by atoms with E-state index in [1.807, 2.05) is 0 Å². The second kappa shape index (κ2) is 5.13. The minimum absolute atomic E-state index is 0.343. The van der Waals surface area contributed by atoms with Crippen LogP contribution in [-0.4, -0.2) is 31.6 Å². The first-order valence-corrected chi connectivity index (χ1v) is 5.92. The van der Waals surface area contributed by atoms with Crippen molar-refractivity contribution < 1.29 is 0 Å². The molecule has 1 aliphatic rings. The molecule has 1 fully saturated rings. The number of nitrogens with zero attached hydrogens (tertiary/aromatic N) is 1. The molecule has 0 aromatic rings. The zero-order valence-electron chi connectivity index (χ0n) is 10.1. The van der Waals surface area contributed by atoms with Gasteiger partial charge in [-0.1, -0.05) is 13.8 Å². The lowest BCUT2D eigenvalue weighted by atomic mass is 9.83. The summed E-state index contributed by atoms with van der Waals surface area (Å²) >= 11 is 0. The molecule has 2 N–H and O–H groups in total. The molecule has 1 unspecified atom stereocenters. The minimum Gasteiger partial charge on any atom is -0.330 e. The first-order chi connectivity index (χ1) is 6.53. The van der Waals surface area contributed by atoms with Gasteiger partial charge in [0.15, 0.2) is 0 Å². The number of piperidine rings is 1. The van der Waals surface area contributed by atoms with Gasteiger partial charge in [-0.25, -0.2) is 0 Å². The molecule has 84 valence electrons. The summed E-state index contributed by atoms with van der Waals surface area (Å²) in [5.41, 5.74) is 6.08. The van der Waals surface area contributed by atoms with Crippen molar-refractivity contribution in [2.45, 2.75) is 39.5 Å². The fraction of sp³-hybridized carbons (Fsp3) is 1.00. The van der Waals surface area contributed by atoms with E-state index >= 15 is 0 Å². The molecule has 0 aliphatic carbocycles. The van der Waals surface area contributed by atoms with Crippen LogP contribution in [0.1, 0.15) is 39.5 Å². The molecular weight excluding hydrogens is 172 g/mol. The van der Waals surface area contributed by atoms with Gasteiger partial charge in [0, 0.05) is 6.54 Å². The van der Waals surface area contributed by atoms with Crippen LogP contribution in [0.3, 0.4) is 0 Å². The standard InChI is InChI=1S/C12H26N2/c1-12(2,10-13)7-6-11-5-4-8-14(3)9-11/h11H,4-10,13H2,1-3H3. The third kappa shape index (κ3) is 3.97. The van der Waals surface area contributed by atoms with E-state index in [2.05, 4.69) is 25.8 Å². The SMILES string of the molecule is CN1CCCC(CCC(C)(C)CN)C1. The molecule has 1 aliphatic heterocycles. The molecule has 0 aromatic heterocycles. The van der Waals surface area contributed by atoms with Crippen LogP contribution in [-0.2, 0) is 0 Å². The van der Waals surface area contributed by atoms with Crippen LogP contribution in [0, 0.1) is 11.3 Å². The zero-order valence-corrected chi connectivity index (χ0v) is 10.1. The Balaban J connectivity index is 2.23. The van der Waals surface area contributed by atoms with Crippen molar-refractivity contribution in [2.24, 2.45) is 17.1 Å². The van der Waals surface area contributed by atoms with Crippen molar-refractivity contribution in [1.29, 1.82) is 0 Å². The molecule has 0 spiro atoms. The molecule has 2 heteroatoms. The van der Waals surface area contributed by atoms with E-state index in [1.54, 1.807) is 0 Å². The van der Waals surface area contributed by atoms with Crippen molar-refractivity contribution in [2.75, 3.05) is 26.7 Å². The summed E-state index contributed by atoms with van der Waals surface area (Å²) < 4.78 is 0. The van der Waals surface area contributed by atoms with Gasteiger partial charge in [0.25, 0.3) is 0 Å². The van der Waals surface area contributed by atoms with Gasteiger partial charge in [-0.2, -0.15) is 0 Å². The van der Waals surface area contributed by atoms with Crippen LogP contribution in [0.15, 0.2) is 0 Å². The number of rotatable bonds is 4. The smallest absolute Gasteiger partial charge is 0.000662 e. The fourth-order valence-electron chi connectivity index (χ4n) is 2.21. The highest BCUT2D eigenvalue weighted by molar-refractivity contribution is 4.75. The van der Waals surface area contributed by atoms with E-state index in [9.17, 15) is 0 Å². The van der Waals surface area contributed by atoms with Crippen molar-refractivity contribution in [1.82, 2.24) is 4.90 Å². The van der Waals surface area contributed by atoms with Gasteiger partial charge in [-0.15, -0.1) is 0 Å². The van der Waals surface area contributed by atoms with Gasteiger partial charge in [0.05, 0.1) is 0 Å². The Morgan fingerprint density at radius 1 is 1.43 bits per heavy atom. The van der Waals surface area contributed by atoms with E-state index in [1.165, 1.54) is 38.8 Å². The minimum atomic E-state index is 0.343. The Hall–Kier alpha value is -0.0800. The highest BCUT2D eigenvalue weighted by Gasteiger charge is 2.21. The fourth-order valence-corrected chi connectivity index (χ4v) is 2.21. The molecule has 0 amide bonds. The lowest BCUT2D eigenvalue weighted by Crippen LogP contribution is -2.33. The molecule has 0 bridgehead atoms. The quantitative estimate of drug-likeness (QED) is 0.749. The van der Waals surface area contributed by atoms with E-state index in [-0.39, 0.29) is 0 Å². The van der Waals surface area contributed by atoms with Crippen LogP contribution in [0.25, 0.3) is 0 Å². The summed E-state index contributed by atoms with van der Waals surface area (Å²) in [6, 6.07) is 0. The van der Waals surface area contributed by atoms with Gasteiger partial charge in [-0.3, -0.25) is 0 Å². The van der Waals surface area contributed by atoms with Crippen LogP contribution in [0.5, 0.6) is 0 Å². The Bertz CT molecular complexity index is 166. The molecule has 1 saturated heterocycles. The third-order valence-electron chi connectivity index (χ3n) is 3.50. The molecule has 1 heterocycles. The van der Waals surface area contributed by atoms with Crippen LogP contribution < -0.4 is 5.73 Å². The Morgan fingerprint density at radius 3 is 2.71 bits per heavy atom. The van der Waals surface area contributed by atoms with Gasteiger partial charge in [0.1, 0.15) is 0 Å². The largest absolute Gasteiger partial charge is 0.330 e. The van der Waals surface area contributed by atoms with Crippen molar-refractivity contribution >= 4 is 0 Å². The topological polar surface area (TPSA) is 29.3 Å². The highest BCUT2D eigenvalue weighted by Crippen LogP contribution is 2.27. The molecular formula is C12H26N2. The molecule has 0 radical (unpaired) electrons. The van der Waals surface area contributed by atoms with Crippen LogP contribution in [0.2, 0.25) is 0 Å². The maximum atomic E-state index is 5.74. The van der Waals surface area contributed by atoms with Gasteiger partial charge >= 0.3 is 0 Å². The summed E-state index contributed by atoms with van der Waals surface area (Å²) in [4.78, 5) is 2.46. The molecule has 2 nitrogen and oxygen atoms in total. The number of hydrogen-bond acceptors (Lipinski definition) is 2. The molecule has 1 rings (SSSR count). The Kier molecular flexibility index (Phi) is 4.39. The summed E-state index contributed by atoms with van der Waals surface area (Å²) in [5, 5.41) is 0. The number of nitrogens with two attached hydrogens (primary N) is 1. The monoisotopic (exact) mass is 198 g/mol. The van der Waals surface area contributed by atoms with Crippen LogP contribution >= 0.6 is 0 Å². The predicted molar refractivity (Wildman–Crippen MR) is 62.3 cm³/mol. The van der Waals surface area contributed by atoms with E-state index in [0.29, 0.717) is 5.41 Å². The van der Waals surface area contributed by atoms with Crippen molar-refractivity contribution in [3.63, 3.8) is 0 Å². The third-order valence-corrected chi connectivity index (χ3v) is 3.50. The lowest BCUT2D eigenvalue weighted by molar-refractivity contribution is 0.183. The Labute approximate surface area is 88.8 Å². The maximum absolute atomic E-state index is 5.74. The first kappa shape index (κ1) is 12.0. The van der Waals surface area contributed by atoms with Gasteiger partial charge < -0.3 is 10.6 Å². The highest BCUT2D eigenvalue weighted by atomic mass is 15.1. The zero-order chi connectivity index (χ0) is 10.6. The van der Waals surface area contributed by atoms with Crippen molar-refractivity contribution in [3.05, 3.63) is 0 Å². The van der Waals surface area contributed by atoms with Gasteiger partial charge in [-0.05, 0) is 57.2 Å². The summed E-state index contributed by atoms with van der Waals surface area (Å²) in [6.45, 7) is 7.95. The maximum Gasteiger partial charge on any atom is 0.000662 e. The normalized spacial score (nSPS) is 25.3. The molecule has 0 aromatic carbocycles. The number of likely N-dealkylation sites (tertiary alicyclic amines) is 1. The van der Waals surface area contributed by atoms with Crippen molar-refractivity contribution in [3.8, 4) is 0 Å². The van der Waals surface area contributed by atoms with Gasteiger partial charge in [0.2, 0.25) is 0 Å². The summed E-state index contributed by atoms with van der Waals surface area (Å²) in [6.07, 6.45) is 5.44. The number of hydrogen-bond donors (Lipinski definition) is 1. The average Bonchev–Trinajstić information content (AvgIpc) is 2.15. The molecule has 1 atom stereocenters. The molecule has 14 heavy (non-hydrogen) atoms. The first-order valence-electron chi connectivity index (χ1n) is 5.92. The van der Waals surface area contributed by atoms with Crippen LogP contribution in [0.4, 0.5) is 0 Å². The summed E-state index contributed by atoms with van der Waals surface area (Å²) in [7, 11) is 2.24. The summed E-state index contributed by atoms with van der Waals surface area (Å²) in [5.74, 6) is 0.916. The van der Waals surface area contributed by atoms with E-state index < -0.39 is 0 Å². The molecule has 0 saturated carbocycles.